The summed E-state index contributed by atoms with van der Waals surface area (Å²) in [6, 6.07) is 24.1. The molecule has 2 fully saturated rings. The van der Waals surface area contributed by atoms with E-state index in [2.05, 4.69) is 43.2 Å². The Hall–Kier alpha value is -4.54. The number of aryl methyl sites for hydroxylation is 1. The molecular weight excluding hydrogens is 606 g/mol. The molecule has 1 N–H and O–H groups in total. The molecule has 2 amide bonds. The molecule has 3 aliphatic heterocycles. The van der Waals surface area contributed by atoms with E-state index in [1.54, 1.807) is 16.7 Å². The second-order valence-electron chi connectivity index (χ2n) is 13.8. The van der Waals surface area contributed by atoms with E-state index in [0.29, 0.717) is 32.4 Å². The van der Waals surface area contributed by atoms with Gasteiger partial charge in [0.15, 0.2) is 5.60 Å². The van der Waals surface area contributed by atoms with Crippen molar-refractivity contribution in [2.45, 2.75) is 70.2 Å². The van der Waals surface area contributed by atoms with E-state index in [0.717, 1.165) is 46.1 Å². The molecule has 0 bridgehead atoms. The van der Waals surface area contributed by atoms with Gasteiger partial charge in [-0.05, 0) is 53.3 Å². The highest BCUT2D eigenvalue weighted by Crippen LogP contribution is 2.59. The lowest BCUT2D eigenvalue weighted by Crippen LogP contribution is -2.45. The van der Waals surface area contributed by atoms with Gasteiger partial charge in [0, 0.05) is 61.8 Å². The lowest BCUT2D eigenvalue weighted by Gasteiger charge is -2.38. The van der Waals surface area contributed by atoms with Crippen molar-refractivity contribution in [3.63, 3.8) is 0 Å². The number of aliphatic hydroxyl groups is 1. The number of aromatic nitrogens is 3. The van der Waals surface area contributed by atoms with Gasteiger partial charge in [0.2, 0.25) is 5.91 Å². The van der Waals surface area contributed by atoms with E-state index >= 15 is 0 Å². The maximum atomic E-state index is 14.9. The standard InChI is InChI=1S/C38H43N5O5/c1-25-35(37(2,3)27-11-15-30(47-4)16-12-27)33(17-20-41-24-28(19-22-44)39-40-41)48-38(25)31-7-5-6-8-32(31)43(36(38)46)23-26-9-13-29(14-10-26)42-21-18-34(42)45/h5-16,24-25,33,35,44H,17-23H2,1-4H3/t25-,33+,35-,38+/m0/s1. The highest BCUT2D eigenvalue weighted by atomic mass is 16.5. The number of β-lactam (4-membered cyclic amide) rings is 1. The number of anilines is 2. The Balaban J connectivity index is 1.23. The minimum atomic E-state index is -1.16. The van der Waals surface area contributed by atoms with Gasteiger partial charge in [-0.1, -0.05) is 68.4 Å². The minimum absolute atomic E-state index is 0.0167. The number of hydrogen-bond donors (Lipinski definition) is 1. The van der Waals surface area contributed by atoms with Gasteiger partial charge in [0.05, 0.1) is 31.1 Å². The smallest absolute Gasteiger partial charge is 0.264 e. The summed E-state index contributed by atoms with van der Waals surface area (Å²) in [5.41, 5.74) is 3.99. The number of rotatable bonds is 11. The van der Waals surface area contributed by atoms with E-state index in [1.807, 2.05) is 71.8 Å². The third-order valence-corrected chi connectivity index (χ3v) is 10.8. The summed E-state index contributed by atoms with van der Waals surface area (Å²) in [7, 11) is 1.67. The highest BCUT2D eigenvalue weighted by molar-refractivity contribution is 6.07. The maximum absolute atomic E-state index is 14.9. The van der Waals surface area contributed by atoms with Crippen molar-refractivity contribution < 1.29 is 24.2 Å². The molecule has 10 nitrogen and oxygen atoms in total. The lowest BCUT2D eigenvalue weighted by molar-refractivity contribution is -0.146. The number of methoxy groups -OCH3 is 1. The largest absolute Gasteiger partial charge is 0.497 e. The van der Waals surface area contributed by atoms with Crippen molar-refractivity contribution >= 4 is 23.2 Å². The molecule has 0 radical (unpaired) electrons. The molecule has 4 heterocycles. The van der Waals surface area contributed by atoms with Gasteiger partial charge < -0.3 is 24.4 Å². The Morgan fingerprint density at radius 3 is 2.46 bits per heavy atom. The summed E-state index contributed by atoms with van der Waals surface area (Å²) in [6.45, 7) is 8.37. The topological polar surface area (TPSA) is 110 Å². The molecule has 4 aromatic rings. The van der Waals surface area contributed by atoms with Crippen LogP contribution in [0.3, 0.4) is 0 Å². The number of ether oxygens (including phenoxy) is 2. The molecule has 1 spiro atoms. The summed E-state index contributed by atoms with van der Waals surface area (Å²) >= 11 is 0. The Morgan fingerprint density at radius 2 is 1.79 bits per heavy atom. The number of fused-ring (bicyclic) bond motifs is 2. The fourth-order valence-electron chi connectivity index (χ4n) is 8.18. The van der Waals surface area contributed by atoms with Crippen LogP contribution in [-0.2, 0) is 44.9 Å². The molecular formula is C38H43N5O5. The molecule has 48 heavy (non-hydrogen) atoms. The minimum Gasteiger partial charge on any atom is -0.497 e. The van der Waals surface area contributed by atoms with Crippen LogP contribution in [0, 0.1) is 11.8 Å². The summed E-state index contributed by atoms with van der Waals surface area (Å²) in [6.07, 6.45) is 3.27. The first-order valence-electron chi connectivity index (χ1n) is 16.8. The van der Waals surface area contributed by atoms with Gasteiger partial charge >= 0.3 is 0 Å². The Labute approximate surface area is 281 Å². The zero-order valence-electron chi connectivity index (χ0n) is 28.0. The average Bonchev–Trinajstić information content (AvgIpc) is 3.74. The van der Waals surface area contributed by atoms with Gasteiger partial charge in [-0.2, -0.15) is 0 Å². The van der Waals surface area contributed by atoms with Gasteiger partial charge in [-0.25, -0.2) is 0 Å². The molecule has 7 rings (SSSR count). The number of amides is 2. The number of aliphatic hydroxyl groups excluding tert-OH is 1. The van der Waals surface area contributed by atoms with E-state index in [9.17, 15) is 14.7 Å². The number of carbonyl (C=O) groups is 2. The number of hydrogen-bond acceptors (Lipinski definition) is 7. The summed E-state index contributed by atoms with van der Waals surface area (Å²) < 4.78 is 14.4. The highest BCUT2D eigenvalue weighted by Gasteiger charge is 2.65. The van der Waals surface area contributed by atoms with Crippen LogP contribution in [0.25, 0.3) is 0 Å². The third kappa shape index (κ3) is 5.27. The third-order valence-electron chi connectivity index (χ3n) is 10.8. The number of benzene rings is 3. The molecule has 0 unspecified atom stereocenters. The molecule has 3 aromatic carbocycles. The fraction of sp³-hybridized carbons (Fsp3) is 0.421. The first-order valence-corrected chi connectivity index (χ1v) is 16.8. The van der Waals surface area contributed by atoms with Crippen LogP contribution < -0.4 is 14.5 Å². The zero-order valence-corrected chi connectivity index (χ0v) is 28.0. The lowest BCUT2D eigenvalue weighted by atomic mass is 9.63. The van der Waals surface area contributed by atoms with Crippen LogP contribution in [0.5, 0.6) is 5.75 Å². The van der Waals surface area contributed by atoms with E-state index in [-0.39, 0.29) is 41.8 Å². The predicted molar refractivity (Wildman–Crippen MR) is 182 cm³/mol. The molecule has 3 aliphatic rings. The Kier molecular flexibility index (Phi) is 8.33. The van der Waals surface area contributed by atoms with Gasteiger partial charge in [0.25, 0.3) is 5.91 Å². The van der Waals surface area contributed by atoms with E-state index < -0.39 is 5.60 Å². The van der Waals surface area contributed by atoms with Crippen LogP contribution in [-0.4, -0.2) is 58.3 Å². The second kappa shape index (κ2) is 12.5. The first-order chi connectivity index (χ1) is 23.2. The molecule has 2 saturated heterocycles. The van der Waals surface area contributed by atoms with Crippen molar-refractivity contribution in [2.75, 3.05) is 30.1 Å². The monoisotopic (exact) mass is 649 g/mol. The summed E-state index contributed by atoms with van der Waals surface area (Å²) in [4.78, 5) is 30.6. The van der Waals surface area contributed by atoms with Crippen LogP contribution in [0.2, 0.25) is 0 Å². The maximum Gasteiger partial charge on any atom is 0.264 e. The van der Waals surface area contributed by atoms with E-state index in [1.165, 1.54) is 0 Å². The molecule has 4 atom stereocenters. The normalized spacial score (nSPS) is 23.6. The fourth-order valence-corrected chi connectivity index (χ4v) is 8.18. The zero-order chi connectivity index (χ0) is 33.6. The quantitative estimate of drug-likeness (QED) is 0.227. The van der Waals surface area contributed by atoms with Gasteiger partial charge in [0.1, 0.15) is 5.75 Å². The molecule has 0 saturated carbocycles. The van der Waals surface area contributed by atoms with Crippen molar-refractivity contribution in [1.82, 2.24) is 15.0 Å². The summed E-state index contributed by atoms with van der Waals surface area (Å²) in [5, 5.41) is 17.9. The Morgan fingerprint density at radius 1 is 1.04 bits per heavy atom. The molecule has 250 valence electrons. The van der Waals surface area contributed by atoms with Crippen molar-refractivity contribution in [1.29, 1.82) is 0 Å². The van der Waals surface area contributed by atoms with Gasteiger partial charge in [-0.15, -0.1) is 5.10 Å². The number of carbonyl (C=O) groups excluding carboxylic acids is 2. The second-order valence-corrected chi connectivity index (χ2v) is 13.8. The van der Waals surface area contributed by atoms with Crippen molar-refractivity contribution in [3.8, 4) is 5.75 Å². The van der Waals surface area contributed by atoms with Crippen LogP contribution >= 0.6 is 0 Å². The SMILES string of the molecule is COc1ccc(C(C)(C)[C@@H]2[C@@H](CCn3cc(CCO)nn3)O[C@]3(C(=O)N(Cc4ccc(N5CCC5=O)cc4)c4ccccc43)[C@H]2C)cc1. The first kappa shape index (κ1) is 32.0. The van der Waals surface area contributed by atoms with Crippen molar-refractivity contribution in [3.05, 3.63) is 101 Å². The van der Waals surface area contributed by atoms with Crippen LogP contribution in [0.4, 0.5) is 11.4 Å². The molecule has 0 aliphatic carbocycles. The van der Waals surface area contributed by atoms with E-state index in [4.69, 9.17) is 9.47 Å². The summed E-state index contributed by atoms with van der Waals surface area (Å²) in [5.74, 6) is 0.678. The number of nitrogens with zero attached hydrogens (tertiary/aromatic N) is 5. The predicted octanol–water partition coefficient (Wildman–Crippen LogP) is 5.02. The van der Waals surface area contributed by atoms with Crippen LogP contribution in [0.15, 0.2) is 79.0 Å². The Bertz CT molecular complexity index is 1800. The molecule has 10 heteroatoms. The van der Waals surface area contributed by atoms with Crippen molar-refractivity contribution in [2.24, 2.45) is 11.8 Å². The molecule has 1 aromatic heterocycles. The van der Waals surface area contributed by atoms with Crippen LogP contribution in [0.1, 0.15) is 56.0 Å². The van der Waals surface area contributed by atoms with Gasteiger partial charge in [-0.3, -0.25) is 14.3 Å². The average molecular weight is 650 g/mol. The number of para-hydroxylation sites is 1.